The first-order valence-corrected chi connectivity index (χ1v) is 8.46. The molecule has 2 aromatic rings. The summed E-state index contributed by atoms with van der Waals surface area (Å²) >= 11 is 0. The molecule has 0 saturated carbocycles. The molecule has 0 radical (unpaired) electrons. The number of ether oxygens (including phenoxy) is 1. The molecule has 0 spiro atoms. The third-order valence-electron chi connectivity index (χ3n) is 4.63. The van der Waals surface area contributed by atoms with Gasteiger partial charge in [0.2, 0.25) is 5.96 Å². The summed E-state index contributed by atoms with van der Waals surface area (Å²) in [5, 5.41) is 8.61. The minimum Gasteiger partial charge on any atom is -0.379 e. The normalized spacial score (nSPS) is 22.7. The van der Waals surface area contributed by atoms with Crippen molar-refractivity contribution >= 4 is 28.8 Å². The molecule has 1 saturated heterocycles. The highest BCUT2D eigenvalue weighted by molar-refractivity contribution is 6.13. The standard InChI is InChI=1S/C18H21N5O2/c1-22-17(24)15(21-18(22)20-14-4-3-7-25-11-14)9-12-5-6-16-13(8-12)10-19-23(16)2/h5-6,8-10,14H,3-4,7,11H2,1-2H3,(H,20,21)/b15-9-/t14-/m0/s1. The molecule has 3 heterocycles. The third-order valence-corrected chi connectivity index (χ3v) is 4.63. The lowest BCUT2D eigenvalue weighted by atomic mass is 10.1. The van der Waals surface area contributed by atoms with Crippen LogP contribution in [0, 0.1) is 0 Å². The third kappa shape index (κ3) is 3.02. The Bertz CT molecular complexity index is 877. The lowest BCUT2D eigenvalue weighted by Crippen LogP contribution is -2.46. The van der Waals surface area contributed by atoms with Gasteiger partial charge in [-0.15, -0.1) is 0 Å². The van der Waals surface area contributed by atoms with Crippen LogP contribution in [0.5, 0.6) is 0 Å². The van der Waals surface area contributed by atoms with Gasteiger partial charge in [0, 0.05) is 26.1 Å². The van der Waals surface area contributed by atoms with E-state index in [1.54, 1.807) is 11.9 Å². The molecule has 0 unspecified atom stereocenters. The second-order valence-corrected chi connectivity index (χ2v) is 6.47. The number of aliphatic imine (C=N–C) groups is 1. The number of nitrogens with zero attached hydrogens (tertiary/aromatic N) is 4. The summed E-state index contributed by atoms with van der Waals surface area (Å²) in [5.41, 5.74) is 2.42. The second-order valence-electron chi connectivity index (χ2n) is 6.47. The van der Waals surface area contributed by atoms with E-state index in [1.807, 2.05) is 42.2 Å². The number of fused-ring (bicyclic) bond motifs is 1. The van der Waals surface area contributed by atoms with Crippen LogP contribution in [0.1, 0.15) is 18.4 Å². The van der Waals surface area contributed by atoms with E-state index in [9.17, 15) is 4.79 Å². The Kier molecular flexibility index (Phi) is 4.01. The van der Waals surface area contributed by atoms with Gasteiger partial charge in [0.25, 0.3) is 5.91 Å². The van der Waals surface area contributed by atoms with Crippen molar-refractivity contribution < 1.29 is 9.53 Å². The predicted molar refractivity (Wildman–Crippen MR) is 95.9 cm³/mol. The quantitative estimate of drug-likeness (QED) is 0.842. The first kappa shape index (κ1) is 15.8. The molecule has 2 aliphatic rings. The molecular formula is C18H21N5O2. The van der Waals surface area contributed by atoms with Crippen molar-refractivity contribution in [3.63, 3.8) is 0 Å². The lowest BCUT2D eigenvalue weighted by molar-refractivity contribution is -0.121. The number of carbonyl (C=O) groups is 1. The first-order chi connectivity index (χ1) is 12.1. The van der Waals surface area contributed by atoms with Gasteiger partial charge in [0.05, 0.1) is 24.4 Å². The van der Waals surface area contributed by atoms with E-state index in [0.717, 1.165) is 35.9 Å². The van der Waals surface area contributed by atoms with E-state index < -0.39 is 0 Å². The summed E-state index contributed by atoms with van der Waals surface area (Å²) in [7, 11) is 3.65. The molecule has 2 aliphatic heterocycles. The number of carbonyl (C=O) groups excluding carboxylic acids is 1. The Morgan fingerprint density at radius 1 is 1.36 bits per heavy atom. The Balaban J connectivity index is 1.58. The van der Waals surface area contributed by atoms with E-state index in [2.05, 4.69) is 15.4 Å². The SMILES string of the molecule is CN1C(=O)/C(=C/c2ccc3c(cnn3C)c2)N=C1N[C@H]1CCCOC1. The van der Waals surface area contributed by atoms with E-state index in [0.29, 0.717) is 18.3 Å². The van der Waals surface area contributed by atoms with Crippen molar-refractivity contribution in [3.8, 4) is 0 Å². The average molecular weight is 339 g/mol. The molecule has 1 aromatic heterocycles. The van der Waals surface area contributed by atoms with Gasteiger partial charge >= 0.3 is 0 Å². The number of rotatable bonds is 2. The molecule has 1 atom stereocenters. The van der Waals surface area contributed by atoms with Crippen LogP contribution in [0.25, 0.3) is 17.0 Å². The molecule has 7 nitrogen and oxygen atoms in total. The van der Waals surface area contributed by atoms with E-state index in [-0.39, 0.29) is 11.9 Å². The Hall–Kier alpha value is -2.67. The van der Waals surface area contributed by atoms with E-state index >= 15 is 0 Å². The predicted octanol–water partition coefficient (Wildman–Crippen LogP) is 1.51. The molecule has 1 fully saturated rings. The second kappa shape index (κ2) is 6.33. The van der Waals surface area contributed by atoms with Crippen LogP contribution >= 0.6 is 0 Å². The molecule has 0 aliphatic carbocycles. The molecule has 1 amide bonds. The van der Waals surface area contributed by atoms with Crippen LogP contribution in [0.3, 0.4) is 0 Å². The van der Waals surface area contributed by atoms with Gasteiger partial charge in [0.1, 0.15) is 5.70 Å². The Labute approximate surface area is 146 Å². The summed E-state index contributed by atoms with van der Waals surface area (Å²) in [5.74, 6) is 0.486. The van der Waals surface area contributed by atoms with Gasteiger partial charge in [-0.05, 0) is 36.6 Å². The molecule has 25 heavy (non-hydrogen) atoms. The van der Waals surface area contributed by atoms with Crippen molar-refractivity contribution in [2.75, 3.05) is 20.3 Å². The number of guanidine groups is 1. The highest BCUT2D eigenvalue weighted by Gasteiger charge is 2.29. The van der Waals surface area contributed by atoms with Crippen molar-refractivity contribution in [1.82, 2.24) is 20.0 Å². The maximum absolute atomic E-state index is 12.5. The fourth-order valence-electron chi connectivity index (χ4n) is 3.19. The zero-order valence-corrected chi connectivity index (χ0v) is 14.4. The maximum Gasteiger partial charge on any atom is 0.279 e. The minimum absolute atomic E-state index is 0.106. The van der Waals surface area contributed by atoms with Crippen molar-refractivity contribution in [2.24, 2.45) is 12.0 Å². The van der Waals surface area contributed by atoms with Gasteiger partial charge in [-0.25, -0.2) is 4.99 Å². The molecule has 1 aromatic carbocycles. The fraction of sp³-hybridized carbons (Fsp3) is 0.389. The lowest BCUT2D eigenvalue weighted by Gasteiger charge is -2.25. The molecule has 7 heteroatoms. The molecular weight excluding hydrogens is 318 g/mol. The highest BCUT2D eigenvalue weighted by atomic mass is 16.5. The van der Waals surface area contributed by atoms with Gasteiger partial charge in [-0.3, -0.25) is 14.4 Å². The zero-order valence-electron chi connectivity index (χ0n) is 14.4. The molecule has 0 bridgehead atoms. The number of nitrogens with one attached hydrogen (secondary N) is 1. The maximum atomic E-state index is 12.5. The van der Waals surface area contributed by atoms with Gasteiger partial charge in [-0.2, -0.15) is 5.10 Å². The number of hydrogen-bond acceptors (Lipinski definition) is 5. The average Bonchev–Trinajstić information content (AvgIpc) is 3.11. The number of likely N-dealkylation sites (N-methyl/N-ethyl adjacent to an activating group) is 1. The van der Waals surface area contributed by atoms with Gasteiger partial charge in [-0.1, -0.05) is 6.07 Å². The van der Waals surface area contributed by atoms with Crippen LogP contribution in [-0.2, 0) is 16.6 Å². The summed E-state index contributed by atoms with van der Waals surface area (Å²) in [6, 6.07) is 6.19. The number of hydrogen-bond donors (Lipinski definition) is 1. The fourth-order valence-corrected chi connectivity index (χ4v) is 3.19. The van der Waals surface area contributed by atoms with Crippen LogP contribution < -0.4 is 5.32 Å². The largest absolute Gasteiger partial charge is 0.379 e. The monoisotopic (exact) mass is 339 g/mol. The topological polar surface area (TPSA) is 71.8 Å². The van der Waals surface area contributed by atoms with Crippen LogP contribution in [0.15, 0.2) is 35.1 Å². The Morgan fingerprint density at radius 3 is 3.04 bits per heavy atom. The molecule has 130 valence electrons. The summed E-state index contributed by atoms with van der Waals surface area (Å²) < 4.78 is 7.30. The zero-order chi connectivity index (χ0) is 17.4. The number of aryl methyl sites for hydroxylation is 1. The van der Waals surface area contributed by atoms with E-state index in [4.69, 9.17) is 4.74 Å². The number of amides is 1. The minimum atomic E-state index is -0.106. The smallest absolute Gasteiger partial charge is 0.279 e. The van der Waals surface area contributed by atoms with Crippen LogP contribution in [0.4, 0.5) is 0 Å². The van der Waals surface area contributed by atoms with Crippen molar-refractivity contribution in [1.29, 1.82) is 0 Å². The molecule has 1 N–H and O–H groups in total. The summed E-state index contributed by atoms with van der Waals surface area (Å²) in [6.45, 7) is 1.46. The number of benzene rings is 1. The van der Waals surface area contributed by atoms with Crippen LogP contribution in [-0.4, -0.2) is 52.9 Å². The van der Waals surface area contributed by atoms with E-state index in [1.165, 1.54) is 0 Å². The van der Waals surface area contributed by atoms with Crippen molar-refractivity contribution in [3.05, 3.63) is 35.7 Å². The summed E-state index contributed by atoms with van der Waals surface area (Å²) in [4.78, 5) is 18.5. The molecule has 4 rings (SSSR count). The van der Waals surface area contributed by atoms with Crippen LogP contribution in [0.2, 0.25) is 0 Å². The Morgan fingerprint density at radius 2 is 2.24 bits per heavy atom. The number of aromatic nitrogens is 2. The van der Waals surface area contributed by atoms with Crippen molar-refractivity contribution in [2.45, 2.75) is 18.9 Å². The summed E-state index contributed by atoms with van der Waals surface area (Å²) in [6.07, 6.45) is 5.69. The van der Waals surface area contributed by atoms with Gasteiger partial charge in [0.15, 0.2) is 0 Å². The first-order valence-electron chi connectivity index (χ1n) is 8.46. The van der Waals surface area contributed by atoms with Gasteiger partial charge < -0.3 is 10.1 Å². The highest BCUT2D eigenvalue weighted by Crippen LogP contribution is 2.20.